The first-order chi connectivity index (χ1) is 11.2. The SMILES string of the molecule is CCC(C)NC(=O)CN(C(C)=O)c1c(C(C)C)cccc1C(C)C. The fraction of sp³-hybridized carbons (Fsp3) is 0.600. The smallest absolute Gasteiger partial charge is 0.240 e. The second kappa shape index (κ2) is 8.86. The van der Waals surface area contributed by atoms with Gasteiger partial charge in [0.15, 0.2) is 0 Å². The second-order valence-corrected chi connectivity index (χ2v) is 7.08. The van der Waals surface area contributed by atoms with Crippen LogP contribution in [-0.4, -0.2) is 24.4 Å². The summed E-state index contributed by atoms with van der Waals surface area (Å²) in [5.74, 6) is 0.327. The Morgan fingerprint density at radius 2 is 1.54 bits per heavy atom. The molecule has 1 rings (SSSR count). The van der Waals surface area contributed by atoms with Crippen LogP contribution in [-0.2, 0) is 9.59 Å². The first-order valence-electron chi connectivity index (χ1n) is 8.89. The van der Waals surface area contributed by atoms with E-state index in [-0.39, 0.29) is 36.2 Å². The molecule has 1 atom stereocenters. The first-order valence-corrected chi connectivity index (χ1v) is 8.89. The maximum Gasteiger partial charge on any atom is 0.240 e. The molecule has 0 heterocycles. The Labute approximate surface area is 146 Å². The highest BCUT2D eigenvalue weighted by atomic mass is 16.2. The summed E-state index contributed by atoms with van der Waals surface area (Å²) in [6, 6.07) is 6.24. The highest BCUT2D eigenvalue weighted by Crippen LogP contribution is 2.35. The maximum atomic E-state index is 12.4. The lowest BCUT2D eigenvalue weighted by atomic mass is 9.91. The van der Waals surface area contributed by atoms with Gasteiger partial charge in [-0.05, 0) is 36.3 Å². The lowest BCUT2D eigenvalue weighted by Crippen LogP contribution is -2.43. The van der Waals surface area contributed by atoms with Gasteiger partial charge in [-0.15, -0.1) is 0 Å². The number of hydrogen-bond acceptors (Lipinski definition) is 2. The third-order valence-corrected chi connectivity index (χ3v) is 4.31. The van der Waals surface area contributed by atoms with Gasteiger partial charge in [-0.25, -0.2) is 0 Å². The van der Waals surface area contributed by atoms with Gasteiger partial charge in [-0.3, -0.25) is 9.59 Å². The van der Waals surface area contributed by atoms with Gasteiger partial charge in [0.25, 0.3) is 0 Å². The zero-order valence-corrected chi connectivity index (χ0v) is 16.1. The van der Waals surface area contributed by atoms with E-state index in [9.17, 15) is 9.59 Å². The summed E-state index contributed by atoms with van der Waals surface area (Å²) in [5, 5.41) is 2.95. The van der Waals surface area contributed by atoms with Gasteiger partial charge in [0.2, 0.25) is 11.8 Å². The van der Waals surface area contributed by atoms with Gasteiger partial charge in [0, 0.05) is 13.0 Å². The number of hydrogen-bond donors (Lipinski definition) is 1. The molecule has 24 heavy (non-hydrogen) atoms. The maximum absolute atomic E-state index is 12.4. The molecule has 0 saturated heterocycles. The van der Waals surface area contributed by atoms with Crippen molar-refractivity contribution in [2.24, 2.45) is 0 Å². The minimum atomic E-state index is -0.118. The van der Waals surface area contributed by atoms with Gasteiger partial charge in [-0.2, -0.15) is 0 Å². The van der Waals surface area contributed by atoms with E-state index < -0.39 is 0 Å². The van der Waals surface area contributed by atoms with E-state index in [0.717, 1.165) is 23.2 Å². The van der Waals surface area contributed by atoms with E-state index >= 15 is 0 Å². The number of benzene rings is 1. The Balaban J connectivity index is 3.29. The highest BCUT2D eigenvalue weighted by molar-refractivity contribution is 5.99. The molecule has 0 aromatic heterocycles. The monoisotopic (exact) mass is 332 g/mol. The number of amides is 2. The number of carbonyl (C=O) groups excluding carboxylic acids is 2. The molecule has 0 spiro atoms. The quantitative estimate of drug-likeness (QED) is 0.813. The van der Waals surface area contributed by atoms with Crippen LogP contribution in [0.15, 0.2) is 18.2 Å². The summed E-state index contributed by atoms with van der Waals surface area (Å²) in [6.07, 6.45) is 0.867. The molecule has 1 aromatic carbocycles. The lowest BCUT2D eigenvalue weighted by molar-refractivity contribution is -0.123. The van der Waals surface area contributed by atoms with Crippen LogP contribution >= 0.6 is 0 Å². The molecule has 4 nitrogen and oxygen atoms in total. The van der Waals surface area contributed by atoms with Gasteiger partial charge >= 0.3 is 0 Å². The Morgan fingerprint density at radius 1 is 1.04 bits per heavy atom. The van der Waals surface area contributed by atoms with Crippen LogP contribution in [0.2, 0.25) is 0 Å². The van der Waals surface area contributed by atoms with Crippen LogP contribution in [0.25, 0.3) is 0 Å². The van der Waals surface area contributed by atoms with E-state index in [1.165, 1.54) is 6.92 Å². The first kappa shape index (κ1) is 20.2. The Morgan fingerprint density at radius 3 is 1.92 bits per heavy atom. The van der Waals surface area contributed by atoms with Crippen LogP contribution in [0.5, 0.6) is 0 Å². The number of nitrogens with zero attached hydrogens (tertiary/aromatic N) is 1. The van der Waals surface area contributed by atoms with Gasteiger partial charge < -0.3 is 10.2 Å². The molecule has 0 bridgehead atoms. The van der Waals surface area contributed by atoms with Crippen LogP contribution < -0.4 is 10.2 Å². The van der Waals surface area contributed by atoms with Crippen LogP contribution in [0.1, 0.15) is 77.8 Å². The third kappa shape index (κ3) is 5.08. The normalized spacial score (nSPS) is 12.4. The molecule has 0 aliphatic heterocycles. The Hall–Kier alpha value is -1.84. The molecule has 0 fully saturated rings. The fourth-order valence-electron chi connectivity index (χ4n) is 2.74. The summed E-state index contributed by atoms with van der Waals surface area (Å²) in [7, 11) is 0. The summed E-state index contributed by atoms with van der Waals surface area (Å²) in [4.78, 5) is 26.3. The minimum Gasteiger partial charge on any atom is -0.352 e. The van der Waals surface area contributed by atoms with Crippen molar-refractivity contribution in [3.05, 3.63) is 29.3 Å². The number of rotatable bonds is 7. The zero-order chi connectivity index (χ0) is 18.4. The molecule has 0 saturated carbocycles. The van der Waals surface area contributed by atoms with E-state index in [1.54, 1.807) is 4.90 Å². The van der Waals surface area contributed by atoms with Crippen molar-refractivity contribution in [2.45, 2.75) is 72.8 Å². The van der Waals surface area contributed by atoms with E-state index in [4.69, 9.17) is 0 Å². The lowest BCUT2D eigenvalue weighted by Gasteiger charge is -2.29. The predicted octanol–water partition coefficient (Wildman–Crippen LogP) is 4.20. The van der Waals surface area contributed by atoms with Gasteiger partial charge in [0.1, 0.15) is 6.54 Å². The Kier molecular flexibility index (Phi) is 7.46. The molecule has 1 N–H and O–H groups in total. The second-order valence-electron chi connectivity index (χ2n) is 7.08. The summed E-state index contributed by atoms with van der Waals surface area (Å²) >= 11 is 0. The molecule has 134 valence electrons. The van der Waals surface area contributed by atoms with Crippen molar-refractivity contribution in [3.63, 3.8) is 0 Å². The van der Waals surface area contributed by atoms with Crippen LogP contribution in [0.4, 0.5) is 5.69 Å². The molecule has 4 heteroatoms. The predicted molar refractivity (Wildman–Crippen MR) is 101 cm³/mol. The molecule has 0 radical (unpaired) electrons. The van der Waals surface area contributed by atoms with Gasteiger partial charge in [0.05, 0.1) is 5.69 Å². The number of para-hydroxylation sites is 1. The van der Waals surface area contributed by atoms with E-state index in [2.05, 4.69) is 33.0 Å². The van der Waals surface area contributed by atoms with Gasteiger partial charge in [-0.1, -0.05) is 52.8 Å². The molecular weight excluding hydrogens is 300 g/mol. The molecule has 1 unspecified atom stereocenters. The average molecular weight is 332 g/mol. The molecule has 0 aliphatic carbocycles. The molecule has 1 aromatic rings. The van der Waals surface area contributed by atoms with E-state index in [1.807, 2.05) is 32.0 Å². The van der Waals surface area contributed by atoms with Crippen molar-refractivity contribution in [1.29, 1.82) is 0 Å². The van der Waals surface area contributed by atoms with Crippen molar-refractivity contribution < 1.29 is 9.59 Å². The highest BCUT2D eigenvalue weighted by Gasteiger charge is 2.24. The summed E-state index contributed by atoms with van der Waals surface area (Å²) in [6.45, 7) is 14.0. The zero-order valence-electron chi connectivity index (χ0n) is 16.1. The van der Waals surface area contributed by atoms with Crippen LogP contribution in [0, 0.1) is 0 Å². The van der Waals surface area contributed by atoms with Crippen molar-refractivity contribution >= 4 is 17.5 Å². The fourth-order valence-corrected chi connectivity index (χ4v) is 2.74. The molecule has 0 aliphatic rings. The number of nitrogens with one attached hydrogen (secondary N) is 1. The number of anilines is 1. The average Bonchev–Trinajstić information content (AvgIpc) is 2.51. The third-order valence-electron chi connectivity index (χ3n) is 4.31. The van der Waals surface area contributed by atoms with E-state index in [0.29, 0.717) is 0 Å². The molecular formula is C20H32N2O2. The largest absolute Gasteiger partial charge is 0.352 e. The number of carbonyl (C=O) groups is 2. The molecule has 2 amide bonds. The van der Waals surface area contributed by atoms with Crippen molar-refractivity contribution in [3.8, 4) is 0 Å². The summed E-state index contributed by atoms with van der Waals surface area (Å²) in [5.41, 5.74) is 3.11. The Bertz CT molecular complexity index is 553. The van der Waals surface area contributed by atoms with Crippen molar-refractivity contribution in [2.75, 3.05) is 11.4 Å². The van der Waals surface area contributed by atoms with Crippen LogP contribution in [0.3, 0.4) is 0 Å². The minimum absolute atomic E-state index is 0.0587. The van der Waals surface area contributed by atoms with Crippen molar-refractivity contribution in [1.82, 2.24) is 5.32 Å². The topological polar surface area (TPSA) is 49.4 Å². The summed E-state index contributed by atoms with van der Waals surface area (Å²) < 4.78 is 0. The standard InChI is InChI=1S/C20H32N2O2/c1-8-15(6)21-19(24)12-22(16(7)23)20-17(13(2)3)10-9-11-18(20)14(4)5/h9-11,13-15H,8,12H2,1-7H3,(H,21,24).